The van der Waals surface area contributed by atoms with Crippen LogP contribution >= 0.6 is 0 Å². The monoisotopic (exact) mass is 279 g/mol. The normalized spacial score (nSPS) is 10.4. The van der Waals surface area contributed by atoms with Crippen LogP contribution in [0.5, 0.6) is 17.2 Å². The van der Waals surface area contributed by atoms with Gasteiger partial charge in [0.25, 0.3) is 0 Å². The van der Waals surface area contributed by atoms with Crippen molar-refractivity contribution < 1.29 is 18.7 Å². The fraction of sp³-hybridized carbons (Fsp3) is 0.385. The van der Waals surface area contributed by atoms with Crippen LogP contribution in [0.1, 0.15) is 12.8 Å². The maximum Gasteiger partial charge on any atom is 0.240 e. The maximum absolute atomic E-state index is 5.53. The van der Waals surface area contributed by atoms with E-state index in [-0.39, 0.29) is 6.54 Å². The van der Waals surface area contributed by atoms with Crippen LogP contribution < -0.4 is 19.9 Å². The van der Waals surface area contributed by atoms with Crippen LogP contribution in [-0.2, 0) is 6.54 Å². The molecule has 7 heteroatoms. The molecule has 1 aromatic carbocycles. The molecule has 0 aliphatic rings. The second-order valence-corrected chi connectivity index (χ2v) is 3.85. The van der Waals surface area contributed by atoms with Gasteiger partial charge in [0.05, 0.1) is 32.9 Å². The van der Waals surface area contributed by atoms with Crippen LogP contribution in [0.3, 0.4) is 0 Å². The van der Waals surface area contributed by atoms with E-state index in [0.29, 0.717) is 41.1 Å². The molecule has 108 valence electrons. The zero-order valence-corrected chi connectivity index (χ0v) is 11.7. The van der Waals surface area contributed by atoms with Gasteiger partial charge in [-0.2, -0.15) is 4.98 Å². The molecular formula is C13H17N3O4. The Hall–Kier alpha value is -2.28. The predicted molar refractivity (Wildman–Crippen MR) is 71.9 cm³/mol. The van der Waals surface area contributed by atoms with E-state index in [4.69, 9.17) is 24.5 Å². The van der Waals surface area contributed by atoms with Gasteiger partial charge in [0.2, 0.25) is 11.7 Å². The van der Waals surface area contributed by atoms with Crippen molar-refractivity contribution in [3.8, 4) is 28.6 Å². The Morgan fingerprint density at radius 3 is 2.45 bits per heavy atom. The lowest BCUT2D eigenvalue weighted by Gasteiger charge is -2.13. The van der Waals surface area contributed by atoms with Gasteiger partial charge in [-0.1, -0.05) is 5.16 Å². The molecule has 0 aliphatic heterocycles. The Morgan fingerprint density at radius 2 is 1.90 bits per heavy atom. The Balaban J connectivity index is 2.52. The highest BCUT2D eigenvalue weighted by Gasteiger charge is 2.17. The number of aromatic nitrogens is 2. The van der Waals surface area contributed by atoms with E-state index in [1.54, 1.807) is 26.4 Å². The first-order valence-corrected chi connectivity index (χ1v) is 6.15. The summed E-state index contributed by atoms with van der Waals surface area (Å²) in [6.45, 7) is 2.59. The van der Waals surface area contributed by atoms with Crippen LogP contribution in [0.25, 0.3) is 11.4 Å². The molecule has 1 heterocycles. The van der Waals surface area contributed by atoms with Crippen molar-refractivity contribution in [3.05, 3.63) is 18.0 Å². The molecule has 0 radical (unpaired) electrons. The molecule has 0 saturated heterocycles. The van der Waals surface area contributed by atoms with Gasteiger partial charge in [-0.3, -0.25) is 0 Å². The number of nitrogens with zero attached hydrogens (tertiary/aromatic N) is 2. The first kappa shape index (κ1) is 14.1. The largest absolute Gasteiger partial charge is 0.496 e. The summed E-state index contributed by atoms with van der Waals surface area (Å²) in [6, 6.07) is 3.48. The minimum absolute atomic E-state index is 0.184. The van der Waals surface area contributed by atoms with Gasteiger partial charge in [-0.05, 0) is 13.0 Å². The van der Waals surface area contributed by atoms with Crippen molar-refractivity contribution in [3.63, 3.8) is 0 Å². The molecule has 0 aliphatic carbocycles. The number of rotatable bonds is 6. The molecule has 0 saturated carbocycles. The summed E-state index contributed by atoms with van der Waals surface area (Å²) < 4.78 is 21.1. The van der Waals surface area contributed by atoms with E-state index in [2.05, 4.69) is 10.1 Å². The van der Waals surface area contributed by atoms with Crippen LogP contribution in [0.2, 0.25) is 0 Å². The smallest absolute Gasteiger partial charge is 0.240 e. The number of ether oxygens (including phenoxy) is 3. The Kier molecular flexibility index (Phi) is 4.41. The van der Waals surface area contributed by atoms with Crippen molar-refractivity contribution in [2.45, 2.75) is 13.5 Å². The molecule has 2 rings (SSSR count). The standard InChI is InChI=1S/C13H17N3O4/c1-4-19-11-5-8(9(17-2)6-10(11)18-3)13-15-12(7-14)20-16-13/h5-6H,4,7,14H2,1-3H3. The van der Waals surface area contributed by atoms with Gasteiger partial charge in [-0.15, -0.1) is 0 Å². The Labute approximate surface area is 116 Å². The second-order valence-electron chi connectivity index (χ2n) is 3.85. The van der Waals surface area contributed by atoms with Gasteiger partial charge < -0.3 is 24.5 Å². The molecule has 20 heavy (non-hydrogen) atoms. The summed E-state index contributed by atoms with van der Waals surface area (Å²) in [5, 5.41) is 3.88. The van der Waals surface area contributed by atoms with E-state index >= 15 is 0 Å². The van der Waals surface area contributed by atoms with Crippen LogP contribution in [0, 0.1) is 0 Å². The SMILES string of the molecule is CCOc1cc(-c2noc(CN)n2)c(OC)cc1OC. The topological polar surface area (TPSA) is 92.6 Å². The predicted octanol–water partition coefficient (Wildman–Crippen LogP) is 1.61. The molecular weight excluding hydrogens is 262 g/mol. The molecule has 0 amide bonds. The van der Waals surface area contributed by atoms with E-state index in [0.717, 1.165) is 0 Å². The first-order valence-electron chi connectivity index (χ1n) is 6.15. The van der Waals surface area contributed by atoms with E-state index in [9.17, 15) is 0 Å². The number of nitrogens with two attached hydrogens (primary N) is 1. The van der Waals surface area contributed by atoms with Gasteiger partial charge in [-0.25, -0.2) is 0 Å². The highest BCUT2D eigenvalue weighted by atomic mass is 16.5. The zero-order chi connectivity index (χ0) is 14.5. The lowest BCUT2D eigenvalue weighted by Crippen LogP contribution is -1.99. The van der Waals surface area contributed by atoms with Crippen molar-refractivity contribution in [2.75, 3.05) is 20.8 Å². The third kappa shape index (κ3) is 2.67. The molecule has 1 aromatic heterocycles. The summed E-state index contributed by atoms with van der Waals surface area (Å²) in [5.41, 5.74) is 6.12. The molecule has 2 aromatic rings. The highest BCUT2D eigenvalue weighted by molar-refractivity contribution is 5.69. The van der Waals surface area contributed by atoms with E-state index < -0.39 is 0 Å². The van der Waals surface area contributed by atoms with Crippen molar-refractivity contribution in [1.29, 1.82) is 0 Å². The van der Waals surface area contributed by atoms with Gasteiger partial charge in [0.1, 0.15) is 5.75 Å². The van der Waals surface area contributed by atoms with Crippen molar-refractivity contribution in [1.82, 2.24) is 10.1 Å². The maximum atomic E-state index is 5.53. The summed E-state index contributed by atoms with van der Waals surface area (Å²) in [4.78, 5) is 4.19. The molecule has 0 bridgehead atoms. The van der Waals surface area contributed by atoms with Crippen LogP contribution in [0.4, 0.5) is 0 Å². The number of hydrogen-bond acceptors (Lipinski definition) is 7. The van der Waals surface area contributed by atoms with E-state index in [1.807, 2.05) is 6.92 Å². The van der Waals surface area contributed by atoms with Gasteiger partial charge in [0, 0.05) is 6.07 Å². The third-order valence-corrected chi connectivity index (χ3v) is 2.67. The fourth-order valence-electron chi connectivity index (χ4n) is 1.76. The molecule has 7 nitrogen and oxygen atoms in total. The summed E-state index contributed by atoms with van der Waals surface area (Å²) >= 11 is 0. The molecule has 0 atom stereocenters. The third-order valence-electron chi connectivity index (χ3n) is 2.67. The minimum atomic E-state index is 0.184. The second kappa shape index (κ2) is 6.25. The minimum Gasteiger partial charge on any atom is -0.496 e. The summed E-state index contributed by atoms with van der Waals surface area (Å²) in [6.07, 6.45) is 0. The van der Waals surface area contributed by atoms with Crippen molar-refractivity contribution >= 4 is 0 Å². The van der Waals surface area contributed by atoms with Crippen LogP contribution in [-0.4, -0.2) is 31.0 Å². The number of benzene rings is 1. The summed E-state index contributed by atoms with van der Waals surface area (Å²) in [7, 11) is 3.13. The average molecular weight is 279 g/mol. The lowest BCUT2D eigenvalue weighted by molar-refractivity contribution is 0.309. The first-order chi connectivity index (χ1) is 9.73. The number of methoxy groups -OCH3 is 2. The zero-order valence-electron chi connectivity index (χ0n) is 11.7. The Morgan fingerprint density at radius 1 is 1.15 bits per heavy atom. The Bertz CT molecular complexity index is 583. The fourth-order valence-corrected chi connectivity index (χ4v) is 1.76. The summed E-state index contributed by atoms with van der Waals surface area (Å²) in [5.74, 6) is 2.48. The van der Waals surface area contributed by atoms with E-state index in [1.165, 1.54) is 0 Å². The van der Waals surface area contributed by atoms with Crippen LogP contribution in [0.15, 0.2) is 16.7 Å². The number of hydrogen-bond donors (Lipinski definition) is 1. The molecule has 2 N–H and O–H groups in total. The highest BCUT2D eigenvalue weighted by Crippen LogP contribution is 2.39. The quantitative estimate of drug-likeness (QED) is 0.858. The lowest BCUT2D eigenvalue weighted by atomic mass is 10.1. The molecule has 0 spiro atoms. The van der Waals surface area contributed by atoms with Gasteiger partial charge in [0.15, 0.2) is 11.5 Å². The van der Waals surface area contributed by atoms with Crippen molar-refractivity contribution in [2.24, 2.45) is 5.73 Å². The van der Waals surface area contributed by atoms with Gasteiger partial charge >= 0.3 is 0 Å². The average Bonchev–Trinajstić information content (AvgIpc) is 2.96. The molecule has 0 unspecified atom stereocenters. The molecule has 0 fully saturated rings.